The lowest BCUT2D eigenvalue weighted by Gasteiger charge is -2.35. The van der Waals surface area contributed by atoms with E-state index < -0.39 is 34.8 Å². The lowest BCUT2D eigenvalue weighted by atomic mass is 9.78. The van der Waals surface area contributed by atoms with Crippen LogP contribution in [-0.4, -0.2) is 64.1 Å². The number of hydrogen-bond donors (Lipinski definition) is 0. The summed E-state index contributed by atoms with van der Waals surface area (Å²) in [5, 5.41) is 0. The zero-order valence-corrected chi connectivity index (χ0v) is 22.3. The highest BCUT2D eigenvalue weighted by molar-refractivity contribution is 7.81. The van der Waals surface area contributed by atoms with E-state index in [1.807, 2.05) is 53.4 Å². The molecular weight excluding hydrogens is 551 g/mol. The van der Waals surface area contributed by atoms with Gasteiger partial charge in [-0.1, -0.05) is 58.5 Å². The van der Waals surface area contributed by atoms with Gasteiger partial charge in [-0.2, -0.15) is 8.42 Å². The predicted octanol–water partition coefficient (Wildman–Crippen LogP) is 4.71. The molecule has 1 amide bonds. The smallest absolute Gasteiger partial charge is 0.448 e. The van der Waals surface area contributed by atoms with Crippen molar-refractivity contribution >= 4 is 29.0 Å². The molecule has 0 atom stereocenters. The summed E-state index contributed by atoms with van der Waals surface area (Å²) < 4.78 is 85.3. The minimum absolute atomic E-state index is 0.0348. The molecule has 40 heavy (non-hydrogen) atoms. The summed E-state index contributed by atoms with van der Waals surface area (Å²) in [7, 11) is -5.51. The molecule has 2 aliphatic rings. The standard InChI is InChI=1S/C27H26BF4N2O5S/c1-18-19(14-20(28(29,30)31)15-26(18)39-40(32,36)37)16-33-10-12-34(13-11-33)27(35)38-17-25-23-8-4-2-6-21(23)22-7-3-5-9-24(22)25/h2-9,14-15,25H,10-13,16-17H2,1H3/q-1. The van der Waals surface area contributed by atoms with E-state index in [1.165, 1.54) is 6.92 Å². The number of carbonyl (C=O) groups is 1. The van der Waals surface area contributed by atoms with Gasteiger partial charge in [-0.05, 0) is 46.4 Å². The number of fused-ring (bicyclic) bond motifs is 3. The molecule has 13 heteroatoms. The van der Waals surface area contributed by atoms with Crippen molar-refractivity contribution in [3.8, 4) is 16.9 Å². The Bertz CT molecular complexity index is 1500. The summed E-state index contributed by atoms with van der Waals surface area (Å²) in [6, 6.07) is 17.4. The van der Waals surface area contributed by atoms with Gasteiger partial charge in [0.25, 0.3) is 0 Å². The van der Waals surface area contributed by atoms with Gasteiger partial charge < -0.3 is 26.8 Å². The van der Waals surface area contributed by atoms with Crippen LogP contribution in [0.25, 0.3) is 11.1 Å². The van der Waals surface area contributed by atoms with E-state index >= 15 is 0 Å². The molecule has 0 spiro atoms. The van der Waals surface area contributed by atoms with Gasteiger partial charge in [0.1, 0.15) is 12.4 Å². The van der Waals surface area contributed by atoms with Crippen molar-refractivity contribution in [2.24, 2.45) is 0 Å². The first-order valence-electron chi connectivity index (χ1n) is 12.7. The maximum atomic E-state index is 13.5. The number of piperazine rings is 1. The van der Waals surface area contributed by atoms with E-state index in [-0.39, 0.29) is 30.2 Å². The molecule has 3 aromatic carbocycles. The summed E-state index contributed by atoms with van der Waals surface area (Å²) in [6.45, 7) is -2.62. The Kier molecular flexibility index (Phi) is 7.53. The highest BCUT2D eigenvalue weighted by Gasteiger charge is 2.31. The molecule has 0 saturated carbocycles. The summed E-state index contributed by atoms with van der Waals surface area (Å²) >= 11 is 0. The predicted molar refractivity (Wildman–Crippen MR) is 142 cm³/mol. The number of amides is 1. The molecule has 0 bridgehead atoms. The molecule has 212 valence electrons. The van der Waals surface area contributed by atoms with Crippen molar-refractivity contribution in [1.29, 1.82) is 0 Å². The molecule has 7 nitrogen and oxygen atoms in total. The minimum atomic E-state index is -5.51. The van der Waals surface area contributed by atoms with Gasteiger partial charge in [-0.3, -0.25) is 4.90 Å². The fourth-order valence-electron chi connectivity index (χ4n) is 5.33. The molecule has 0 aromatic heterocycles. The molecule has 3 aromatic rings. The van der Waals surface area contributed by atoms with E-state index in [1.54, 1.807) is 4.90 Å². The largest absolute Gasteiger partial charge is 0.509 e. The van der Waals surface area contributed by atoms with Crippen LogP contribution >= 0.6 is 0 Å². The summed E-state index contributed by atoms with van der Waals surface area (Å²) in [4.78, 5) is 16.3. The number of halogens is 4. The molecule has 0 radical (unpaired) electrons. The van der Waals surface area contributed by atoms with Crippen molar-refractivity contribution in [3.63, 3.8) is 0 Å². The number of rotatable bonds is 7. The molecule has 1 heterocycles. The summed E-state index contributed by atoms with van der Waals surface area (Å²) in [6.07, 6.45) is -0.469. The van der Waals surface area contributed by atoms with Crippen LogP contribution in [0.1, 0.15) is 28.2 Å². The lowest BCUT2D eigenvalue weighted by molar-refractivity contribution is 0.0728. The van der Waals surface area contributed by atoms with Crippen LogP contribution in [0.4, 0.5) is 21.6 Å². The highest BCUT2D eigenvalue weighted by Crippen LogP contribution is 2.44. The fraction of sp³-hybridized carbons (Fsp3) is 0.296. The second-order valence-corrected chi connectivity index (χ2v) is 10.9. The molecule has 0 N–H and O–H groups in total. The van der Waals surface area contributed by atoms with Crippen LogP contribution in [-0.2, 0) is 21.8 Å². The average Bonchev–Trinajstić information content (AvgIpc) is 3.22. The van der Waals surface area contributed by atoms with Crippen LogP contribution in [0.2, 0.25) is 0 Å². The van der Waals surface area contributed by atoms with Gasteiger partial charge in [0.15, 0.2) is 0 Å². The SMILES string of the molecule is Cc1c(CN2CCN(C(=O)OCC3c4ccccc4-c4ccccc43)CC2)cc([B-](F)(F)F)cc1OS(=O)(=O)F. The monoisotopic (exact) mass is 577 g/mol. The Morgan fingerprint density at radius 1 is 0.950 bits per heavy atom. The van der Waals surface area contributed by atoms with Crippen LogP contribution in [0, 0.1) is 6.92 Å². The number of carbonyl (C=O) groups excluding carboxylic acids is 1. The second kappa shape index (κ2) is 10.8. The van der Waals surface area contributed by atoms with Gasteiger partial charge in [0.05, 0.1) is 0 Å². The number of hydrogen-bond acceptors (Lipinski definition) is 6. The molecule has 1 saturated heterocycles. The fourth-order valence-corrected chi connectivity index (χ4v) is 5.72. The third-order valence-electron chi connectivity index (χ3n) is 7.42. The van der Waals surface area contributed by atoms with E-state index in [0.717, 1.165) is 28.3 Å². The van der Waals surface area contributed by atoms with Crippen LogP contribution in [0.3, 0.4) is 0 Å². The molecule has 0 unspecified atom stereocenters. The average molecular weight is 577 g/mol. The van der Waals surface area contributed by atoms with E-state index in [0.29, 0.717) is 32.2 Å². The van der Waals surface area contributed by atoms with Crippen LogP contribution < -0.4 is 9.65 Å². The maximum Gasteiger partial charge on any atom is 0.509 e. The molecular formula is C27H26BF4N2O5S-. The summed E-state index contributed by atoms with van der Waals surface area (Å²) in [5.41, 5.74) is 3.60. The normalized spacial score (nSPS) is 16.0. The van der Waals surface area contributed by atoms with Gasteiger partial charge in [0, 0.05) is 38.6 Å². The van der Waals surface area contributed by atoms with Crippen molar-refractivity contribution in [2.75, 3.05) is 32.8 Å². The highest BCUT2D eigenvalue weighted by atomic mass is 32.3. The first-order valence-corrected chi connectivity index (χ1v) is 14.0. The zero-order valence-electron chi connectivity index (χ0n) is 21.5. The van der Waals surface area contributed by atoms with Crippen LogP contribution in [0.5, 0.6) is 5.75 Å². The van der Waals surface area contributed by atoms with Crippen molar-refractivity contribution in [3.05, 3.63) is 82.9 Å². The Morgan fingerprint density at radius 2 is 1.52 bits per heavy atom. The van der Waals surface area contributed by atoms with E-state index in [2.05, 4.69) is 4.18 Å². The molecule has 5 rings (SSSR count). The minimum Gasteiger partial charge on any atom is -0.448 e. The van der Waals surface area contributed by atoms with Crippen molar-refractivity contribution in [2.45, 2.75) is 19.4 Å². The number of nitrogens with zero attached hydrogens (tertiary/aromatic N) is 2. The Hall–Kier alpha value is -3.58. The van der Waals surface area contributed by atoms with Gasteiger partial charge in [0.2, 0.25) is 0 Å². The first kappa shape index (κ1) is 28.0. The summed E-state index contributed by atoms with van der Waals surface area (Å²) in [5.74, 6) is -0.779. The first-order chi connectivity index (χ1) is 18.9. The zero-order chi connectivity index (χ0) is 28.7. The van der Waals surface area contributed by atoms with Crippen molar-refractivity contribution < 1.29 is 39.0 Å². The Morgan fingerprint density at radius 3 is 2.08 bits per heavy atom. The third kappa shape index (κ3) is 5.95. The van der Waals surface area contributed by atoms with E-state index in [9.17, 15) is 30.0 Å². The van der Waals surface area contributed by atoms with Gasteiger partial charge >= 0.3 is 23.6 Å². The molecule has 1 aliphatic heterocycles. The van der Waals surface area contributed by atoms with Gasteiger partial charge in [-0.25, -0.2) is 4.79 Å². The Balaban J connectivity index is 1.22. The quantitative estimate of drug-likeness (QED) is 0.230. The number of benzene rings is 3. The van der Waals surface area contributed by atoms with Crippen LogP contribution in [0.15, 0.2) is 60.7 Å². The Labute approximate surface area is 229 Å². The lowest BCUT2D eigenvalue weighted by Crippen LogP contribution is -2.48. The second-order valence-electron chi connectivity index (χ2n) is 9.92. The molecule has 1 fully saturated rings. The maximum absolute atomic E-state index is 13.5. The topological polar surface area (TPSA) is 76.2 Å². The van der Waals surface area contributed by atoms with E-state index in [4.69, 9.17) is 4.74 Å². The third-order valence-corrected chi connectivity index (χ3v) is 7.80. The molecule has 1 aliphatic carbocycles. The number of ether oxygens (including phenoxy) is 1. The van der Waals surface area contributed by atoms with Crippen molar-refractivity contribution in [1.82, 2.24) is 9.80 Å². The van der Waals surface area contributed by atoms with Gasteiger partial charge in [-0.15, -0.1) is 5.46 Å².